The molecule has 2 aromatic carbocycles. The molecule has 0 radical (unpaired) electrons. The van der Waals surface area contributed by atoms with Gasteiger partial charge in [-0.2, -0.15) is 0 Å². The van der Waals surface area contributed by atoms with Gasteiger partial charge >= 0.3 is 0 Å². The van der Waals surface area contributed by atoms with Gasteiger partial charge in [0.05, 0.1) is 18.2 Å². The maximum absolute atomic E-state index is 13.9. The molecule has 0 saturated carbocycles. The summed E-state index contributed by atoms with van der Waals surface area (Å²) in [6.45, 7) is 1.17. The summed E-state index contributed by atoms with van der Waals surface area (Å²) in [5.41, 5.74) is 1.76. The summed E-state index contributed by atoms with van der Waals surface area (Å²) in [5, 5.41) is 0.845. The molecule has 2 heterocycles. The molecule has 0 N–H and O–H groups in total. The van der Waals surface area contributed by atoms with Gasteiger partial charge in [0.15, 0.2) is 0 Å². The fraction of sp³-hybridized carbons (Fsp3) is 0.273. The van der Waals surface area contributed by atoms with Crippen LogP contribution in [-0.2, 0) is 4.74 Å². The number of fused-ring (bicyclic) bond motifs is 1. The van der Waals surface area contributed by atoms with Crippen LogP contribution in [0.2, 0.25) is 0 Å². The van der Waals surface area contributed by atoms with E-state index in [-0.39, 0.29) is 17.8 Å². The maximum Gasteiger partial charge on any atom is 0.260 e. The van der Waals surface area contributed by atoms with Gasteiger partial charge in [-0.1, -0.05) is 6.07 Å². The highest BCUT2D eigenvalue weighted by Gasteiger charge is 2.28. The third-order valence-corrected chi connectivity index (χ3v) is 5.00. The van der Waals surface area contributed by atoms with Crippen molar-refractivity contribution in [1.29, 1.82) is 0 Å². The van der Waals surface area contributed by atoms with E-state index in [1.165, 1.54) is 12.1 Å². The predicted octanol–water partition coefficient (Wildman–Crippen LogP) is 4.21. The lowest BCUT2D eigenvalue weighted by atomic mass is 10.0. The Balaban J connectivity index is 1.73. The van der Waals surface area contributed by atoms with Crippen LogP contribution in [-0.4, -0.2) is 37.3 Å². The van der Waals surface area contributed by atoms with E-state index < -0.39 is 0 Å². The van der Waals surface area contributed by atoms with Crippen LogP contribution in [0.25, 0.3) is 10.9 Å². The van der Waals surface area contributed by atoms with Crippen LogP contribution in [0.5, 0.6) is 5.75 Å². The Morgan fingerprint density at radius 2 is 2.00 bits per heavy atom. The van der Waals surface area contributed by atoms with Gasteiger partial charge in [-0.3, -0.25) is 9.78 Å². The number of aromatic nitrogens is 1. The Bertz CT molecular complexity index is 1000. The summed E-state index contributed by atoms with van der Waals surface area (Å²) in [4.78, 5) is 19.5. The second-order valence-electron chi connectivity index (χ2n) is 6.78. The molecule has 6 heteroatoms. The second kappa shape index (κ2) is 7.94. The molecule has 4 rings (SSSR count). The Labute approximate surface area is 162 Å². The van der Waals surface area contributed by atoms with Gasteiger partial charge in [-0.05, 0) is 49.2 Å². The third-order valence-electron chi connectivity index (χ3n) is 5.00. The molecule has 3 aromatic rings. The normalized spacial score (nSPS) is 14.8. The molecule has 28 heavy (non-hydrogen) atoms. The number of hydrogen-bond acceptors (Lipinski definition) is 4. The highest BCUT2D eigenvalue weighted by molar-refractivity contribution is 6.07. The SMILES string of the molecule is COc1ccc2cc(C(=O)N(c3cccc(F)c3)C3CCOCC3)cnc2c1. The first kappa shape index (κ1) is 18.4. The monoisotopic (exact) mass is 380 g/mol. The van der Waals surface area contributed by atoms with Crippen molar-refractivity contribution in [3.63, 3.8) is 0 Å². The number of anilines is 1. The lowest BCUT2D eigenvalue weighted by Crippen LogP contribution is -2.43. The molecule has 0 unspecified atom stereocenters. The van der Waals surface area contributed by atoms with Crippen molar-refractivity contribution in [2.75, 3.05) is 25.2 Å². The van der Waals surface area contributed by atoms with Gasteiger partial charge in [-0.25, -0.2) is 4.39 Å². The molecule has 5 nitrogen and oxygen atoms in total. The third kappa shape index (κ3) is 3.68. The van der Waals surface area contributed by atoms with Gasteiger partial charge in [-0.15, -0.1) is 0 Å². The fourth-order valence-corrected chi connectivity index (χ4v) is 3.55. The Kier molecular flexibility index (Phi) is 5.21. The molecule has 0 atom stereocenters. The van der Waals surface area contributed by atoms with Crippen molar-refractivity contribution >= 4 is 22.5 Å². The number of rotatable bonds is 4. The number of ether oxygens (including phenoxy) is 2. The van der Waals surface area contributed by atoms with Crippen LogP contribution in [0, 0.1) is 5.82 Å². The number of nitrogens with zero attached hydrogens (tertiary/aromatic N) is 2. The Morgan fingerprint density at radius 3 is 2.75 bits per heavy atom. The Morgan fingerprint density at radius 1 is 1.18 bits per heavy atom. The van der Waals surface area contributed by atoms with Crippen molar-refractivity contribution < 1.29 is 18.7 Å². The molecule has 1 aromatic heterocycles. The Hall–Kier alpha value is -2.99. The van der Waals surface area contributed by atoms with E-state index in [0.29, 0.717) is 43.1 Å². The minimum absolute atomic E-state index is 0.0467. The highest BCUT2D eigenvalue weighted by atomic mass is 19.1. The van der Waals surface area contributed by atoms with Crippen molar-refractivity contribution in [2.45, 2.75) is 18.9 Å². The van der Waals surface area contributed by atoms with E-state index in [9.17, 15) is 9.18 Å². The minimum Gasteiger partial charge on any atom is -0.497 e. The van der Waals surface area contributed by atoms with Crippen molar-refractivity contribution in [1.82, 2.24) is 4.98 Å². The van der Waals surface area contributed by atoms with Crippen molar-refractivity contribution in [3.8, 4) is 5.75 Å². The number of halogens is 1. The number of carbonyl (C=O) groups is 1. The van der Waals surface area contributed by atoms with E-state index in [1.54, 1.807) is 30.3 Å². The lowest BCUT2D eigenvalue weighted by Gasteiger charge is -2.34. The van der Waals surface area contributed by atoms with Crippen LogP contribution >= 0.6 is 0 Å². The van der Waals surface area contributed by atoms with E-state index in [0.717, 1.165) is 10.9 Å². The molecule has 0 bridgehead atoms. The molecule has 1 aliphatic rings. The number of amides is 1. The molecular formula is C22H21FN2O3. The molecule has 1 fully saturated rings. The smallest absolute Gasteiger partial charge is 0.260 e. The van der Waals surface area contributed by atoms with E-state index >= 15 is 0 Å². The summed E-state index contributed by atoms with van der Waals surface area (Å²) < 4.78 is 24.5. The predicted molar refractivity (Wildman–Crippen MR) is 105 cm³/mol. The standard InChI is InChI=1S/C22H21FN2O3/c1-27-20-6-5-15-11-16(14-24-21(15)13-20)22(26)25(18-7-9-28-10-8-18)19-4-2-3-17(23)12-19/h2-6,11-14,18H,7-10H2,1H3. The zero-order valence-corrected chi connectivity index (χ0v) is 15.6. The van der Waals surface area contributed by atoms with Crippen LogP contribution in [0.15, 0.2) is 54.7 Å². The van der Waals surface area contributed by atoms with Crippen LogP contribution in [0.4, 0.5) is 10.1 Å². The second-order valence-corrected chi connectivity index (χ2v) is 6.78. The van der Waals surface area contributed by atoms with Gasteiger partial charge in [0.1, 0.15) is 11.6 Å². The fourth-order valence-electron chi connectivity index (χ4n) is 3.55. The van der Waals surface area contributed by atoms with Crippen LogP contribution < -0.4 is 9.64 Å². The maximum atomic E-state index is 13.9. The number of carbonyl (C=O) groups excluding carboxylic acids is 1. The zero-order valence-electron chi connectivity index (χ0n) is 15.6. The van der Waals surface area contributed by atoms with Crippen molar-refractivity contribution in [2.24, 2.45) is 0 Å². The molecule has 1 aliphatic heterocycles. The summed E-state index contributed by atoms with van der Waals surface area (Å²) in [6, 6.07) is 13.5. The molecular weight excluding hydrogens is 359 g/mol. The summed E-state index contributed by atoms with van der Waals surface area (Å²) in [7, 11) is 1.60. The zero-order chi connectivity index (χ0) is 19.5. The average molecular weight is 380 g/mol. The molecule has 1 amide bonds. The number of benzene rings is 2. The first-order valence-corrected chi connectivity index (χ1v) is 9.26. The largest absolute Gasteiger partial charge is 0.497 e. The van der Waals surface area contributed by atoms with Gasteiger partial charge < -0.3 is 14.4 Å². The summed E-state index contributed by atoms with van der Waals surface area (Å²) in [6.07, 6.45) is 2.98. The molecule has 0 aliphatic carbocycles. The van der Waals surface area contributed by atoms with Crippen LogP contribution in [0.1, 0.15) is 23.2 Å². The van der Waals surface area contributed by atoms with Gasteiger partial charge in [0, 0.05) is 42.6 Å². The topological polar surface area (TPSA) is 51.7 Å². The highest BCUT2D eigenvalue weighted by Crippen LogP contribution is 2.27. The summed E-state index contributed by atoms with van der Waals surface area (Å²) in [5.74, 6) is 0.150. The van der Waals surface area contributed by atoms with Crippen molar-refractivity contribution in [3.05, 3.63) is 66.1 Å². The van der Waals surface area contributed by atoms with Gasteiger partial charge in [0.25, 0.3) is 5.91 Å². The molecule has 0 spiro atoms. The van der Waals surface area contributed by atoms with E-state index in [1.807, 2.05) is 24.3 Å². The molecule has 144 valence electrons. The first-order chi connectivity index (χ1) is 13.7. The first-order valence-electron chi connectivity index (χ1n) is 9.26. The van der Waals surface area contributed by atoms with Gasteiger partial charge in [0.2, 0.25) is 0 Å². The van der Waals surface area contributed by atoms with E-state index in [2.05, 4.69) is 4.98 Å². The lowest BCUT2D eigenvalue weighted by molar-refractivity contribution is 0.0772. The number of hydrogen-bond donors (Lipinski definition) is 0. The number of methoxy groups -OCH3 is 1. The number of pyridine rings is 1. The average Bonchev–Trinajstić information content (AvgIpc) is 2.74. The quantitative estimate of drug-likeness (QED) is 0.680. The minimum atomic E-state index is -0.369. The molecule has 1 saturated heterocycles. The van der Waals surface area contributed by atoms with Crippen LogP contribution in [0.3, 0.4) is 0 Å². The van der Waals surface area contributed by atoms with E-state index in [4.69, 9.17) is 9.47 Å². The summed E-state index contributed by atoms with van der Waals surface area (Å²) >= 11 is 0.